The van der Waals surface area contributed by atoms with E-state index in [0.29, 0.717) is 13.0 Å². The van der Waals surface area contributed by atoms with E-state index < -0.39 is 0 Å². The Morgan fingerprint density at radius 3 is 3.15 bits per heavy atom. The van der Waals surface area contributed by atoms with Gasteiger partial charge in [0, 0.05) is 13.1 Å². The van der Waals surface area contributed by atoms with Crippen LogP contribution in [-0.4, -0.2) is 25.5 Å². The van der Waals surface area contributed by atoms with Gasteiger partial charge in [-0.05, 0) is 19.4 Å². The predicted octanol–water partition coefficient (Wildman–Crippen LogP) is 0.0159. The van der Waals surface area contributed by atoms with E-state index in [0.717, 1.165) is 25.9 Å². The normalized spacial score (nSPS) is 21.9. The number of rotatable bonds is 3. The first kappa shape index (κ1) is 10.0. The molecule has 72 valence electrons. The number of hydrogen-bond donors (Lipinski definition) is 2. The van der Waals surface area contributed by atoms with Crippen LogP contribution in [-0.2, 0) is 4.79 Å². The maximum Gasteiger partial charge on any atom is 0.224 e. The van der Waals surface area contributed by atoms with Crippen molar-refractivity contribution >= 4 is 5.91 Å². The number of nitrogens with zero attached hydrogens (tertiary/aromatic N) is 1. The Balaban J connectivity index is 2.18. The number of piperidine rings is 1. The van der Waals surface area contributed by atoms with Crippen LogP contribution in [0.25, 0.3) is 0 Å². The molecule has 0 aromatic heterocycles. The summed E-state index contributed by atoms with van der Waals surface area (Å²) >= 11 is 0. The Hall–Kier alpha value is -1.08. The van der Waals surface area contributed by atoms with E-state index in [-0.39, 0.29) is 11.8 Å². The number of carbonyl (C=O) groups excluding carboxylic acids is 1. The van der Waals surface area contributed by atoms with E-state index in [2.05, 4.69) is 10.6 Å². The van der Waals surface area contributed by atoms with Crippen LogP contribution in [0, 0.1) is 17.2 Å². The standard InChI is InChI=1S/C9H15N3O/c10-4-2-6-12-9(13)8-3-1-5-11-7-8/h8,11H,1-3,5-7H2,(H,12,13)/t8-/m1/s1. The average Bonchev–Trinajstić information content (AvgIpc) is 2.19. The van der Waals surface area contributed by atoms with Crippen LogP contribution in [0.15, 0.2) is 0 Å². The summed E-state index contributed by atoms with van der Waals surface area (Å²) in [6.45, 7) is 2.27. The number of nitriles is 1. The first-order valence-corrected chi connectivity index (χ1v) is 4.70. The van der Waals surface area contributed by atoms with Crippen LogP contribution in [0.1, 0.15) is 19.3 Å². The van der Waals surface area contributed by atoms with Crippen molar-refractivity contribution in [3.8, 4) is 6.07 Å². The average molecular weight is 181 g/mol. The van der Waals surface area contributed by atoms with E-state index in [4.69, 9.17) is 5.26 Å². The molecule has 1 saturated heterocycles. The minimum Gasteiger partial charge on any atom is -0.355 e. The molecule has 13 heavy (non-hydrogen) atoms. The highest BCUT2D eigenvalue weighted by Gasteiger charge is 2.19. The Morgan fingerprint density at radius 2 is 2.54 bits per heavy atom. The van der Waals surface area contributed by atoms with Gasteiger partial charge in [0.1, 0.15) is 0 Å². The molecule has 0 bridgehead atoms. The van der Waals surface area contributed by atoms with Crippen molar-refractivity contribution in [1.82, 2.24) is 10.6 Å². The second-order valence-corrected chi connectivity index (χ2v) is 3.24. The molecule has 1 fully saturated rings. The van der Waals surface area contributed by atoms with Crippen LogP contribution in [0.2, 0.25) is 0 Å². The summed E-state index contributed by atoms with van der Waals surface area (Å²) < 4.78 is 0. The zero-order valence-electron chi connectivity index (χ0n) is 7.68. The lowest BCUT2D eigenvalue weighted by atomic mass is 9.99. The fraction of sp³-hybridized carbons (Fsp3) is 0.778. The molecule has 1 atom stereocenters. The van der Waals surface area contributed by atoms with Crippen LogP contribution in [0.4, 0.5) is 0 Å². The van der Waals surface area contributed by atoms with Gasteiger partial charge in [-0.15, -0.1) is 0 Å². The molecular formula is C9H15N3O. The van der Waals surface area contributed by atoms with Gasteiger partial charge in [-0.1, -0.05) is 0 Å². The largest absolute Gasteiger partial charge is 0.355 e. The van der Waals surface area contributed by atoms with Crippen molar-refractivity contribution in [3.05, 3.63) is 0 Å². The first-order chi connectivity index (χ1) is 6.34. The summed E-state index contributed by atoms with van der Waals surface area (Å²) in [6.07, 6.45) is 2.42. The third-order valence-corrected chi connectivity index (χ3v) is 2.20. The maximum absolute atomic E-state index is 11.4. The van der Waals surface area contributed by atoms with Crippen LogP contribution >= 0.6 is 0 Å². The van der Waals surface area contributed by atoms with E-state index >= 15 is 0 Å². The fourth-order valence-corrected chi connectivity index (χ4v) is 1.46. The Bertz CT molecular complexity index is 203. The minimum absolute atomic E-state index is 0.0856. The lowest BCUT2D eigenvalue weighted by Gasteiger charge is -2.21. The third-order valence-electron chi connectivity index (χ3n) is 2.20. The van der Waals surface area contributed by atoms with E-state index in [1.165, 1.54) is 0 Å². The van der Waals surface area contributed by atoms with Gasteiger partial charge in [0.25, 0.3) is 0 Å². The van der Waals surface area contributed by atoms with E-state index in [9.17, 15) is 4.79 Å². The monoisotopic (exact) mass is 181 g/mol. The van der Waals surface area contributed by atoms with Gasteiger partial charge in [0.2, 0.25) is 5.91 Å². The van der Waals surface area contributed by atoms with E-state index in [1.54, 1.807) is 0 Å². The molecular weight excluding hydrogens is 166 g/mol. The molecule has 4 heteroatoms. The van der Waals surface area contributed by atoms with Crippen molar-refractivity contribution in [3.63, 3.8) is 0 Å². The Morgan fingerprint density at radius 1 is 1.69 bits per heavy atom. The molecule has 0 saturated carbocycles. The first-order valence-electron chi connectivity index (χ1n) is 4.70. The Labute approximate surface area is 78.3 Å². The molecule has 0 unspecified atom stereocenters. The van der Waals surface area contributed by atoms with Gasteiger partial charge >= 0.3 is 0 Å². The minimum atomic E-state index is 0.0856. The smallest absolute Gasteiger partial charge is 0.224 e. The van der Waals surface area contributed by atoms with Gasteiger partial charge < -0.3 is 10.6 Å². The number of nitrogens with one attached hydrogen (secondary N) is 2. The summed E-state index contributed by atoms with van der Waals surface area (Å²) in [7, 11) is 0. The van der Waals surface area contributed by atoms with Crippen molar-refractivity contribution < 1.29 is 4.79 Å². The second-order valence-electron chi connectivity index (χ2n) is 3.24. The summed E-state index contributed by atoms with van der Waals surface area (Å²) in [5.74, 6) is 0.190. The lowest BCUT2D eigenvalue weighted by Crippen LogP contribution is -2.40. The van der Waals surface area contributed by atoms with Gasteiger partial charge in [0.05, 0.1) is 18.4 Å². The number of carbonyl (C=O) groups is 1. The summed E-state index contributed by atoms with van der Waals surface area (Å²) in [6, 6.07) is 2.00. The molecule has 1 aliphatic rings. The molecule has 0 aromatic rings. The molecule has 1 aliphatic heterocycles. The van der Waals surface area contributed by atoms with Crippen molar-refractivity contribution in [2.75, 3.05) is 19.6 Å². The third kappa shape index (κ3) is 3.43. The zero-order chi connectivity index (χ0) is 9.52. The summed E-state index contributed by atoms with van der Waals surface area (Å²) in [5, 5.41) is 14.2. The number of amides is 1. The topological polar surface area (TPSA) is 64.9 Å². The van der Waals surface area contributed by atoms with Crippen LogP contribution in [0.5, 0.6) is 0 Å². The van der Waals surface area contributed by atoms with Crippen molar-refractivity contribution in [1.29, 1.82) is 5.26 Å². The Kier molecular flexibility index (Phi) is 4.27. The second kappa shape index (κ2) is 5.55. The summed E-state index contributed by atoms with van der Waals surface area (Å²) in [5.41, 5.74) is 0. The quantitative estimate of drug-likeness (QED) is 0.603. The van der Waals surface area contributed by atoms with Gasteiger partial charge in [-0.2, -0.15) is 5.26 Å². The lowest BCUT2D eigenvalue weighted by molar-refractivity contribution is -0.125. The molecule has 1 heterocycles. The van der Waals surface area contributed by atoms with Gasteiger partial charge in [0.15, 0.2) is 0 Å². The van der Waals surface area contributed by atoms with Gasteiger partial charge in [-0.3, -0.25) is 4.79 Å². The van der Waals surface area contributed by atoms with Crippen LogP contribution in [0.3, 0.4) is 0 Å². The molecule has 0 spiro atoms. The molecule has 1 rings (SSSR count). The molecule has 4 nitrogen and oxygen atoms in total. The van der Waals surface area contributed by atoms with Gasteiger partial charge in [-0.25, -0.2) is 0 Å². The maximum atomic E-state index is 11.4. The highest BCUT2D eigenvalue weighted by Crippen LogP contribution is 2.09. The molecule has 0 aliphatic carbocycles. The highest BCUT2D eigenvalue weighted by molar-refractivity contribution is 5.78. The SMILES string of the molecule is N#CCCNC(=O)[C@@H]1CCCNC1. The highest BCUT2D eigenvalue weighted by atomic mass is 16.1. The molecule has 2 N–H and O–H groups in total. The predicted molar refractivity (Wildman–Crippen MR) is 48.8 cm³/mol. The summed E-state index contributed by atoms with van der Waals surface area (Å²) in [4.78, 5) is 11.4. The zero-order valence-corrected chi connectivity index (χ0v) is 7.68. The fourth-order valence-electron chi connectivity index (χ4n) is 1.46. The van der Waals surface area contributed by atoms with E-state index in [1.807, 2.05) is 6.07 Å². The molecule has 1 amide bonds. The number of hydrogen-bond acceptors (Lipinski definition) is 3. The van der Waals surface area contributed by atoms with Crippen molar-refractivity contribution in [2.45, 2.75) is 19.3 Å². The van der Waals surface area contributed by atoms with Crippen molar-refractivity contribution in [2.24, 2.45) is 5.92 Å². The molecule has 0 radical (unpaired) electrons. The van der Waals surface area contributed by atoms with Crippen LogP contribution < -0.4 is 10.6 Å². The molecule has 0 aromatic carbocycles.